The van der Waals surface area contributed by atoms with Crippen LogP contribution >= 0.6 is 0 Å². The van der Waals surface area contributed by atoms with E-state index in [0.717, 1.165) is 5.56 Å². The van der Waals surface area contributed by atoms with Crippen molar-refractivity contribution in [1.29, 1.82) is 0 Å². The summed E-state index contributed by atoms with van der Waals surface area (Å²) in [6.07, 6.45) is 0.517. The van der Waals surface area contributed by atoms with Gasteiger partial charge in [0, 0.05) is 13.1 Å². The molecule has 0 radical (unpaired) electrons. The van der Waals surface area contributed by atoms with Crippen molar-refractivity contribution in [3.63, 3.8) is 0 Å². The van der Waals surface area contributed by atoms with Gasteiger partial charge in [-0.3, -0.25) is 14.4 Å². The lowest BCUT2D eigenvalue weighted by molar-refractivity contribution is -0.123. The third-order valence-corrected chi connectivity index (χ3v) is 6.22. The summed E-state index contributed by atoms with van der Waals surface area (Å²) in [7, 11) is -3.37. The molecule has 1 saturated heterocycles. The summed E-state index contributed by atoms with van der Waals surface area (Å²) in [5.74, 6) is -1.52. The van der Waals surface area contributed by atoms with Crippen LogP contribution in [0.4, 0.5) is 10.5 Å². The lowest BCUT2D eigenvalue weighted by Crippen LogP contribution is -2.41. The van der Waals surface area contributed by atoms with E-state index < -0.39 is 34.5 Å². The first-order valence-corrected chi connectivity index (χ1v) is 10.9. The van der Waals surface area contributed by atoms with Crippen molar-refractivity contribution in [2.45, 2.75) is 13.0 Å². The summed E-state index contributed by atoms with van der Waals surface area (Å²) in [5.41, 5.74) is 1.34. The molecule has 0 aromatic heterocycles. The van der Waals surface area contributed by atoms with E-state index >= 15 is 0 Å². The van der Waals surface area contributed by atoms with Crippen molar-refractivity contribution in [3.05, 3.63) is 65.7 Å². The first-order chi connectivity index (χ1) is 14.3. The molecule has 3 rings (SSSR count). The van der Waals surface area contributed by atoms with E-state index in [0.29, 0.717) is 18.7 Å². The van der Waals surface area contributed by atoms with Gasteiger partial charge in [0.05, 0.1) is 17.0 Å². The second-order valence-corrected chi connectivity index (χ2v) is 8.60. The molecular formula is C20H21N3O6S. The lowest BCUT2D eigenvalue weighted by atomic mass is 10.2. The number of hydrogen-bond donors (Lipinski definition) is 2. The zero-order valence-corrected chi connectivity index (χ0v) is 16.9. The van der Waals surface area contributed by atoms with Gasteiger partial charge in [-0.15, -0.1) is 0 Å². The minimum Gasteiger partial charge on any atom is -0.452 e. The van der Waals surface area contributed by atoms with Gasteiger partial charge in [0.25, 0.3) is 5.91 Å². The number of carbonyl (C=O) groups excluding carboxylic acids is 3. The van der Waals surface area contributed by atoms with Crippen LogP contribution in [0.3, 0.4) is 0 Å². The van der Waals surface area contributed by atoms with Gasteiger partial charge in [0.15, 0.2) is 6.61 Å². The van der Waals surface area contributed by atoms with Crippen molar-refractivity contribution >= 4 is 33.6 Å². The Morgan fingerprint density at radius 1 is 1.03 bits per heavy atom. The van der Waals surface area contributed by atoms with Gasteiger partial charge in [-0.25, -0.2) is 18.0 Å². The first-order valence-electron chi connectivity index (χ1n) is 9.24. The molecule has 1 heterocycles. The van der Waals surface area contributed by atoms with Crippen LogP contribution in [0.25, 0.3) is 0 Å². The Balaban J connectivity index is 1.48. The van der Waals surface area contributed by atoms with E-state index in [9.17, 15) is 22.8 Å². The zero-order valence-electron chi connectivity index (χ0n) is 16.0. The van der Waals surface area contributed by atoms with E-state index in [-0.39, 0.29) is 17.9 Å². The lowest BCUT2D eigenvalue weighted by Gasteiger charge is -2.17. The van der Waals surface area contributed by atoms with Crippen LogP contribution in [0.5, 0.6) is 0 Å². The maximum atomic E-state index is 12.2. The SMILES string of the molecule is O=C(COC(=O)c1cccc(N2CCCS2(=O)=O)c1)NC(=O)NCc1ccccc1. The molecule has 0 bridgehead atoms. The second-order valence-electron chi connectivity index (χ2n) is 6.58. The molecule has 3 amide bonds. The number of urea groups is 1. The van der Waals surface area contributed by atoms with Gasteiger partial charge in [0.2, 0.25) is 10.0 Å². The summed E-state index contributed by atoms with van der Waals surface area (Å²) in [4.78, 5) is 35.8. The highest BCUT2D eigenvalue weighted by Crippen LogP contribution is 2.24. The normalized spacial score (nSPS) is 14.7. The molecule has 0 aliphatic carbocycles. The van der Waals surface area contributed by atoms with E-state index in [1.165, 1.54) is 22.5 Å². The highest BCUT2D eigenvalue weighted by Gasteiger charge is 2.28. The van der Waals surface area contributed by atoms with Gasteiger partial charge in [-0.2, -0.15) is 0 Å². The fourth-order valence-electron chi connectivity index (χ4n) is 2.92. The molecule has 0 atom stereocenters. The monoisotopic (exact) mass is 431 g/mol. The number of anilines is 1. The smallest absolute Gasteiger partial charge is 0.338 e. The maximum absolute atomic E-state index is 12.2. The summed E-state index contributed by atoms with van der Waals surface area (Å²) in [6, 6.07) is 14.4. The second kappa shape index (κ2) is 9.40. The average Bonchev–Trinajstić information content (AvgIpc) is 3.10. The minimum atomic E-state index is -3.37. The van der Waals surface area contributed by atoms with Crippen LogP contribution in [-0.2, 0) is 26.1 Å². The van der Waals surface area contributed by atoms with Crippen LogP contribution < -0.4 is 14.9 Å². The Morgan fingerprint density at radius 2 is 1.80 bits per heavy atom. The van der Waals surface area contributed by atoms with Crippen molar-refractivity contribution in [1.82, 2.24) is 10.6 Å². The zero-order chi connectivity index (χ0) is 21.6. The molecular weight excluding hydrogens is 410 g/mol. The summed E-state index contributed by atoms with van der Waals surface area (Å²) < 4.78 is 30.2. The fourth-order valence-corrected chi connectivity index (χ4v) is 4.47. The number of carbonyl (C=O) groups is 3. The largest absolute Gasteiger partial charge is 0.452 e. The summed E-state index contributed by atoms with van der Waals surface area (Å²) in [5, 5.41) is 4.59. The van der Waals surface area contributed by atoms with Crippen LogP contribution in [0.15, 0.2) is 54.6 Å². The number of imide groups is 1. The molecule has 2 aromatic carbocycles. The number of nitrogens with one attached hydrogen (secondary N) is 2. The third kappa shape index (κ3) is 5.57. The fraction of sp³-hybridized carbons (Fsp3) is 0.250. The highest BCUT2D eigenvalue weighted by atomic mass is 32.2. The van der Waals surface area contributed by atoms with Crippen LogP contribution in [0.1, 0.15) is 22.3 Å². The molecule has 1 fully saturated rings. The number of rotatable bonds is 6. The van der Waals surface area contributed by atoms with Gasteiger partial charge in [-0.1, -0.05) is 36.4 Å². The van der Waals surface area contributed by atoms with Gasteiger partial charge in [-0.05, 0) is 30.2 Å². The van der Waals surface area contributed by atoms with E-state index in [1.54, 1.807) is 6.07 Å². The molecule has 10 heteroatoms. The molecule has 0 unspecified atom stereocenters. The van der Waals surface area contributed by atoms with Crippen LogP contribution in [-0.4, -0.2) is 45.2 Å². The number of ether oxygens (including phenoxy) is 1. The van der Waals surface area contributed by atoms with Crippen molar-refractivity contribution in [3.8, 4) is 0 Å². The predicted molar refractivity (Wildman–Crippen MR) is 109 cm³/mol. The Kier molecular flexibility index (Phi) is 6.68. The topological polar surface area (TPSA) is 122 Å². The molecule has 2 N–H and O–H groups in total. The number of esters is 1. The number of benzene rings is 2. The number of hydrogen-bond acceptors (Lipinski definition) is 6. The minimum absolute atomic E-state index is 0.0637. The van der Waals surface area contributed by atoms with Gasteiger partial charge in [0.1, 0.15) is 0 Å². The standard InChI is InChI=1S/C20H21N3O6S/c24-18(22-20(26)21-13-15-6-2-1-3-7-15)14-29-19(25)16-8-4-9-17(12-16)23-10-5-11-30(23,27)28/h1-4,6-9,12H,5,10-11,13-14H2,(H2,21,22,24,26). The van der Waals surface area contributed by atoms with E-state index in [1.807, 2.05) is 30.3 Å². The Labute approximate surface area is 174 Å². The molecule has 1 aliphatic rings. The molecule has 2 aromatic rings. The number of nitrogens with zero attached hydrogens (tertiary/aromatic N) is 1. The number of sulfonamides is 1. The van der Waals surface area contributed by atoms with E-state index in [4.69, 9.17) is 4.74 Å². The van der Waals surface area contributed by atoms with Gasteiger partial charge < -0.3 is 10.1 Å². The van der Waals surface area contributed by atoms with Crippen molar-refractivity contribution < 1.29 is 27.5 Å². The molecule has 0 spiro atoms. The van der Waals surface area contributed by atoms with E-state index in [2.05, 4.69) is 10.6 Å². The highest BCUT2D eigenvalue weighted by molar-refractivity contribution is 7.93. The molecule has 1 aliphatic heterocycles. The van der Waals surface area contributed by atoms with Crippen molar-refractivity contribution in [2.24, 2.45) is 0 Å². The van der Waals surface area contributed by atoms with Crippen LogP contribution in [0, 0.1) is 0 Å². The van der Waals surface area contributed by atoms with Gasteiger partial charge >= 0.3 is 12.0 Å². The molecule has 0 saturated carbocycles. The summed E-state index contributed by atoms with van der Waals surface area (Å²) in [6.45, 7) is -0.0584. The van der Waals surface area contributed by atoms with Crippen molar-refractivity contribution in [2.75, 3.05) is 23.2 Å². The third-order valence-electron chi connectivity index (χ3n) is 4.35. The Morgan fingerprint density at radius 3 is 2.50 bits per heavy atom. The molecule has 9 nitrogen and oxygen atoms in total. The Bertz CT molecular complexity index is 1040. The quantitative estimate of drug-likeness (QED) is 0.667. The number of amides is 3. The Hall–Kier alpha value is -3.40. The van der Waals surface area contributed by atoms with Crippen LogP contribution in [0.2, 0.25) is 0 Å². The first kappa shape index (κ1) is 21.3. The molecule has 30 heavy (non-hydrogen) atoms. The molecule has 158 valence electrons. The predicted octanol–water partition coefficient (Wildman–Crippen LogP) is 1.41. The average molecular weight is 431 g/mol. The maximum Gasteiger partial charge on any atom is 0.338 e. The summed E-state index contributed by atoms with van der Waals surface area (Å²) >= 11 is 0.